The molecule has 0 atom stereocenters. The van der Waals surface area contributed by atoms with E-state index in [1.54, 1.807) is 0 Å². The Kier molecular flexibility index (Phi) is 5.11. The summed E-state index contributed by atoms with van der Waals surface area (Å²) in [6.45, 7) is -3.59. The number of rotatable bonds is 6. The van der Waals surface area contributed by atoms with Crippen molar-refractivity contribution in [3.63, 3.8) is 0 Å². The van der Waals surface area contributed by atoms with Crippen LogP contribution in [0.5, 0.6) is 0 Å². The molecule has 0 aliphatic carbocycles. The van der Waals surface area contributed by atoms with Gasteiger partial charge >= 0.3 is 12.4 Å². The van der Waals surface area contributed by atoms with Crippen molar-refractivity contribution in [2.24, 2.45) is 0 Å². The first-order chi connectivity index (χ1) is 8.66. The van der Waals surface area contributed by atoms with E-state index in [0.29, 0.717) is 0 Å². The number of nitrogens with zero attached hydrogens (tertiary/aromatic N) is 2. The van der Waals surface area contributed by atoms with Crippen LogP contribution >= 0.6 is 0 Å². The van der Waals surface area contributed by atoms with Gasteiger partial charge < -0.3 is 14.6 Å². The Labute approximate surface area is 102 Å². The Morgan fingerprint density at radius 3 is 2.37 bits per heavy atom. The molecule has 1 aromatic heterocycles. The number of nitrogens with one attached hydrogen (secondary N) is 1. The molecule has 0 saturated carbocycles. The van der Waals surface area contributed by atoms with Gasteiger partial charge in [0.2, 0.25) is 5.89 Å². The van der Waals surface area contributed by atoms with Gasteiger partial charge in [-0.1, -0.05) is 5.16 Å². The van der Waals surface area contributed by atoms with Gasteiger partial charge in [-0.3, -0.25) is 0 Å². The molecule has 0 bridgehead atoms. The first-order valence-electron chi connectivity index (χ1n) is 4.89. The van der Waals surface area contributed by atoms with Crippen molar-refractivity contribution in [1.82, 2.24) is 15.5 Å². The van der Waals surface area contributed by atoms with Crippen molar-refractivity contribution in [1.29, 1.82) is 0 Å². The van der Waals surface area contributed by atoms with E-state index in [1.165, 1.54) is 0 Å². The van der Waals surface area contributed by atoms with Crippen LogP contribution in [0, 0.1) is 0 Å². The summed E-state index contributed by atoms with van der Waals surface area (Å²) in [4.78, 5) is 3.55. The van der Waals surface area contributed by atoms with Gasteiger partial charge in [-0.25, -0.2) is 0 Å². The monoisotopic (exact) mass is 293 g/mol. The lowest BCUT2D eigenvalue weighted by Crippen LogP contribution is -2.28. The number of hydrogen-bond acceptors (Lipinski definition) is 5. The molecule has 0 aliphatic rings. The Morgan fingerprint density at radius 2 is 1.79 bits per heavy atom. The molecular weight excluding hydrogens is 284 g/mol. The van der Waals surface area contributed by atoms with E-state index < -0.39 is 32.1 Å². The van der Waals surface area contributed by atoms with Gasteiger partial charge in [-0.15, -0.1) is 0 Å². The second-order valence-corrected chi connectivity index (χ2v) is 3.43. The van der Waals surface area contributed by atoms with Crippen molar-refractivity contribution in [3.05, 3.63) is 11.7 Å². The topological polar surface area (TPSA) is 60.2 Å². The van der Waals surface area contributed by atoms with Crippen molar-refractivity contribution < 1.29 is 35.6 Å². The van der Waals surface area contributed by atoms with Crippen LogP contribution in [-0.2, 0) is 17.9 Å². The fourth-order valence-corrected chi connectivity index (χ4v) is 0.990. The molecule has 0 amide bonds. The van der Waals surface area contributed by atoms with Crippen LogP contribution < -0.4 is 5.32 Å². The molecule has 0 spiro atoms. The summed E-state index contributed by atoms with van der Waals surface area (Å²) in [5.74, 6) is -0.345. The average molecular weight is 293 g/mol. The highest BCUT2D eigenvalue weighted by atomic mass is 19.4. The van der Waals surface area contributed by atoms with E-state index in [9.17, 15) is 26.3 Å². The van der Waals surface area contributed by atoms with Crippen LogP contribution in [0.1, 0.15) is 11.7 Å². The zero-order valence-corrected chi connectivity index (χ0v) is 9.31. The second kappa shape index (κ2) is 6.19. The Morgan fingerprint density at radius 1 is 1.11 bits per heavy atom. The molecule has 1 rings (SSSR count). The van der Waals surface area contributed by atoms with Crippen molar-refractivity contribution in [3.8, 4) is 0 Å². The summed E-state index contributed by atoms with van der Waals surface area (Å²) in [5, 5.41) is 5.24. The lowest BCUT2D eigenvalue weighted by atomic mass is 10.5. The molecule has 19 heavy (non-hydrogen) atoms. The summed E-state index contributed by atoms with van der Waals surface area (Å²) in [5.41, 5.74) is 0. The molecule has 0 radical (unpaired) electrons. The molecule has 1 heterocycles. The maximum Gasteiger partial charge on any atom is 0.411 e. The summed E-state index contributed by atoms with van der Waals surface area (Å²) >= 11 is 0. The Bertz CT molecular complexity index is 354. The van der Waals surface area contributed by atoms with Gasteiger partial charge in [-0.05, 0) is 0 Å². The van der Waals surface area contributed by atoms with Crippen molar-refractivity contribution in [2.45, 2.75) is 25.5 Å². The van der Waals surface area contributed by atoms with E-state index in [2.05, 4.69) is 19.4 Å². The molecule has 5 nitrogen and oxygen atoms in total. The first-order valence-corrected chi connectivity index (χ1v) is 4.89. The molecule has 110 valence electrons. The Balaban J connectivity index is 2.28. The number of aromatic nitrogens is 2. The van der Waals surface area contributed by atoms with E-state index in [-0.39, 0.29) is 18.3 Å². The zero-order chi connectivity index (χ0) is 14.5. The predicted octanol–water partition coefficient (Wildman–Crippen LogP) is 1.80. The summed E-state index contributed by atoms with van der Waals surface area (Å²) in [7, 11) is 0. The van der Waals surface area contributed by atoms with Crippen LogP contribution in [0.3, 0.4) is 0 Å². The lowest BCUT2D eigenvalue weighted by Gasteiger charge is -2.05. The fourth-order valence-electron chi connectivity index (χ4n) is 0.990. The van der Waals surface area contributed by atoms with Gasteiger partial charge in [0.1, 0.15) is 13.2 Å². The maximum atomic E-state index is 11.8. The van der Waals surface area contributed by atoms with Crippen LogP contribution in [0.25, 0.3) is 0 Å². The third kappa shape index (κ3) is 7.62. The van der Waals surface area contributed by atoms with E-state index in [1.807, 2.05) is 5.32 Å². The number of hydrogen-bond donors (Lipinski definition) is 1. The lowest BCUT2D eigenvalue weighted by molar-refractivity contribution is -0.177. The van der Waals surface area contributed by atoms with Gasteiger partial charge in [0.25, 0.3) is 0 Å². The van der Waals surface area contributed by atoms with Crippen LogP contribution in [0.2, 0.25) is 0 Å². The SMILES string of the molecule is FC(F)(F)CNCc1nc(COCC(F)(F)F)no1. The molecule has 1 aromatic rings. The molecule has 0 aliphatic heterocycles. The van der Waals surface area contributed by atoms with E-state index in [4.69, 9.17) is 0 Å². The molecule has 0 aromatic carbocycles. The highest BCUT2D eigenvalue weighted by Gasteiger charge is 2.28. The summed E-state index contributed by atoms with van der Waals surface area (Å²) in [6.07, 6.45) is -8.85. The standard InChI is InChI=1S/C8H9F6N3O2/c9-7(10,11)3-15-1-6-16-5(17-19-6)2-18-4-8(12,13)14/h15H,1-4H2. The van der Waals surface area contributed by atoms with Gasteiger partial charge in [0.05, 0.1) is 13.1 Å². The highest BCUT2D eigenvalue weighted by molar-refractivity contribution is 4.84. The maximum absolute atomic E-state index is 11.8. The fraction of sp³-hybridized carbons (Fsp3) is 0.750. The van der Waals surface area contributed by atoms with E-state index >= 15 is 0 Å². The summed E-state index contributed by atoms with van der Waals surface area (Å²) in [6, 6.07) is 0. The number of alkyl halides is 6. The molecular formula is C8H9F6N3O2. The summed E-state index contributed by atoms with van der Waals surface area (Å²) < 4.78 is 79.3. The minimum absolute atomic E-state index is 0.171. The second-order valence-electron chi connectivity index (χ2n) is 3.43. The smallest absolute Gasteiger partial charge is 0.364 e. The normalized spacial score (nSPS) is 12.9. The minimum atomic E-state index is -4.47. The van der Waals surface area contributed by atoms with Gasteiger partial charge in [0, 0.05) is 0 Å². The van der Waals surface area contributed by atoms with Crippen LogP contribution in [0.15, 0.2) is 4.52 Å². The quantitative estimate of drug-likeness (QED) is 0.810. The third-order valence-corrected chi connectivity index (χ3v) is 1.61. The number of ether oxygens (including phenoxy) is 1. The average Bonchev–Trinajstić information content (AvgIpc) is 2.62. The van der Waals surface area contributed by atoms with Crippen LogP contribution in [0.4, 0.5) is 26.3 Å². The van der Waals surface area contributed by atoms with Crippen molar-refractivity contribution in [2.75, 3.05) is 13.2 Å². The first kappa shape index (κ1) is 15.7. The number of halogens is 6. The van der Waals surface area contributed by atoms with Crippen molar-refractivity contribution >= 4 is 0 Å². The minimum Gasteiger partial charge on any atom is -0.364 e. The third-order valence-electron chi connectivity index (χ3n) is 1.61. The van der Waals surface area contributed by atoms with Gasteiger partial charge in [0.15, 0.2) is 5.82 Å². The zero-order valence-electron chi connectivity index (χ0n) is 9.31. The predicted molar refractivity (Wildman–Crippen MR) is 47.8 cm³/mol. The van der Waals surface area contributed by atoms with E-state index in [0.717, 1.165) is 0 Å². The largest absolute Gasteiger partial charge is 0.411 e. The Hall–Kier alpha value is -1.36. The van der Waals surface area contributed by atoms with Crippen LogP contribution in [-0.4, -0.2) is 35.6 Å². The molecule has 0 saturated heterocycles. The molecule has 1 N–H and O–H groups in total. The molecule has 0 unspecified atom stereocenters. The van der Waals surface area contributed by atoms with Gasteiger partial charge in [-0.2, -0.15) is 31.3 Å². The molecule has 11 heteroatoms. The molecule has 0 fully saturated rings. The highest BCUT2D eigenvalue weighted by Crippen LogP contribution is 2.15.